The van der Waals surface area contributed by atoms with Gasteiger partial charge >= 0.3 is 0 Å². The first kappa shape index (κ1) is 16.4. The molecule has 2 aliphatic heterocycles. The molecule has 1 saturated carbocycles. The van der Waals surface area contributed by atoms with Crippen LogP contribution in [-0.2, 0) is 4.79 Å². The van der Waals surface area contributed by atoms with Crippen molar-refractivity contribution in [3.8, 4) is 11.5 Å². The second kappa shape index (κ2) is 6.57. The van der Waals surface area contributed by atoms with Crippen LogP contribution in [0, 0.1) is 5.92 Å². The van der Waals surface area contributed by atoms with Crippen LogP contribution in [0.2, 0.25) is 0 Å². The van der Waals surface area contributed by atoms with Crippen molar-refractivity contribution in [2.75, 3.05) is 32.8 Å². The first-order chi connectivity index (χ1) is 10.7. The molecule has 3 aliphatic rings. The van der Waals surface area contributed by atoms with Crippen LogP contribution in [-0.4, -0.2) is 49.7 Å². The Morgan fingerprint density at radius 3 is 2.83 bits per heavy atom. The molecule has 0 bridgehead atoms. The summed E-state index contributed by atoms with van der Waals surface area (Å²) < 4.78 is 11.2. The molecule has 6 heteroatoms. The first-order valence-electron chi connectivity index (χ1n) is 8.14. The quantitative estimate of drug-likeness (QED) is 0.893. The van der Waals surface area contributed by atoms with Gasteiger partial charge in [-0.25, -0.2) is 0 Å². The minimum absolute atomic E-state index is 0. The van der Waals surface area contributed by atoms with Crippen molar-refractivity contribution in [3.63, 3.8) is 0 Å². The number of halogens is 1. The average Bonchev–Trinajstić information content (AvgIpc) is 3.34. The molecule has 1 amide bonds. The van der Waals surface area contributed by atoms with Crippen molar-refractivity contribution < 1.29 is 14.3 Å². The summed E-state index contributed by atoms with van der Waals surface area (Å²) in [5.41, 5.74) is 1.20. The molecular formula is C17H23ClN2O3. The zero-order chi connectivity index (χ0) is 15.1. The molecule has 0 spiro atoms. The Morgan fingerprint density at radius 2 is 2.04 bits per heavy atom. The van der Waals surface area contributed by atoms with Crippen LogP contribution in [0.5, 0.6) is 11.5 Å². The van der Waals surface area contributed by atoms with E-state index >= 15 is 0 Å². The van der Waals surface area contributed by atoms with Gasteiger partial charge in [0.2, 0.25) is 5.91 Å². The summed E-state index contributed by atoms with van der Waals surface area (Å²) in [6.07, 6.45) is 0.955. The van der Waals surface area contributed by atoms with Gasteiger partial charge in [-0.3, -0.25) is 4.79 Å². The van der Waals surface area contributed by atoms with E-state index in [1.165, 1.54) is 5.56 Å². The highest BCUT2D eigenvalue weighted by molar-refractivity contribution is 5.85. The number of benzene rings is 1. The fourth-order valence-electron chi connectivity index (χ4n) is 3.49. The van der Waals surface area contributed by atoms with Crippen LogP contribution in [0.15, 0.2) is 18.2 Å². The number of piperazine rings is 1. The van der Waals surface area contributed by atoms with E-state index in [1.807, 2.05) is 17.0 Å². The SMILES string of the molecule is CC1CN(C(=O)C2CC2c2ccc3c(c2)OCCO3)CCN1.Cl. The molecule has 126 valence electrons. The largest absolute Gasteiger partial charge is 0.486 e. The molecule has 1 saturated heterocycles. The zero-order valence-corrected chi connectivity index (χ0v) is 14.1. The highest BCUT2D eigenvalue weighted by Gasteiger charge is 2.46. The molecule has 3 atom stereocenters. The summed E-state index contributed by atoms with van der Waals surface area (Å²) in [7, 11) is 0. The van der Waals surface area contributed by atoms with Crippen molar-refractivity contribution in [1.82, 2.24) is 10.2 Å². The standard InChI is InChI=1S/C17H22N2O3.ClH/c1-11-10-19(5-4-18-11)17(20)14-9-13(14)12-2-3-15-16(8-12)22-7-6-21-15;/h2-3,8,11,13-14,18H,4-7,9-10H2,1H3;1H. The van der Waals surface area contributed by atoms with Crippen molar-refractivity contribution in [3.05, 3.63) is 23.8 Å². The van der Waals surface area contributed by atoms with Gasteiger partial charge in [0.05, 0.1) is 0 Å². The molecule has 0 radical (unpaired) electrons. The third-order valence-electron chi connectivity index (χ3n) is 4.78. The summed E-state index contributed by atoms with van der Waals surface area (Å²) in [5, 5.41) is 3.38. The fourth-order valence-corrected chi connectivity index (χ4v) is 3.49. The number of nitrogens with one attached hydrogen (secondary N) is 1. The summed E-state index contributed by atoms with van der Waals surface area (Å²) in [5.74, 6) is 2.43. The number of hydrogen-bond acceptors (Lipinski definition) is 4. The number of hydrogen-bond donors (Lipinski definition) is 1. The fraction of sp³-hybridized carbons (Fsp3) is 0.588. The predicted molar refractivity (Wildman–Crippen MR) is 89.6 cm³/mol. The van der Waals surface area contributed by atoms with Crippen LogP contribution >= 0.6 is 12.4 Å². The lowest BCUT2D eigenvalue weighted by molar-refractivity contribution is -0.133. The molecule has 1 N–H and O–H groups in total. The molecule has 5 nitrogen and oxygen atoms in total. The molecule has 0 aromatic heterocycles. The Morgan fingerprint density at radius 1 is 1.26 bits per heavy atom. The van der Waals surface area contributed by atoms with Gasteiger partial charge in [0, 0.05) is 31.6 Å². The summed E-state index contributed by atoms with van der Waals surface area (Å²) >= 11 is 0. The van der Waals surface area contributed by atoms with Crippen LogP contribution in [0.1, 0.15) is 24.8 Å². The molecule has 3 unspecified atom stereocenters. The monoisotopic (exact) mass is 338 g/mol. The van der Waals surface area contributed by atoms with Gasteiger partial charge in [0.25, 0.3) is 0 Å². The van der Waals surface area contributed by atoms with E-state index in [0.717, 1.165) is 37.6 Å². The first-order valence-corrected chi connectivity index (χ1v) is 8.14. The maximum Gasteiger partial charge on any atom is 0.226 e. The Kier molecular flexibility index (Phi) is 4.69. The summed E-state index contributed by atoms with van der Waals surface area (Å²) in [6.45, 7) is 5.88. The Bertz CT molecular complexity index is 595. The molecule has 1 aliphatic carbocycles. The minimum Gasteiger partial charge on any atom is -0.486 e. The number of nitrogens with zero attached hydrogens (tertiary/aromatic N) is 1. The Balaban J connectivity index is 0.00000156. The molecule has 1 aromatic rings. The number of amides is 1. The van der Waals surface area contributed by atoms with E-state index in [9.17, 15) is 4.79 Å². The molecule has 2 fully saturated rings. The minimum atomic E-state index is 0. The maximum atomic E-state index is 12.6. The van der Waals surface area contributed by atoms with Gasteiger partial charge < -0.3 is 19.7 Å². The second-order valence-electron chi connectivity index (χ2n) is 6.49. The van der Waals surface area contributed by atoms with Crippen molar-refractivity contribution in [1.29, 1.82) is 0 Å². The van der Waals surface area contributed by atoms with Gasteiger partial charge in [-0.1, -0.05) is 6.07 Å². The smallest absolute Gasteiger partial charge is 0.226 e. The molecule has 2 heterocycles. The van der Waals surface area contributed by atoms with Crippen LogP contribution in [0.4, 0.5) is 0 Å². The third-order valence-corrected chi connectivity index (χ3v) is 4.78. The number of fused-ring (bicyclic) bond motifs is 1. The van der Waals surface area contributed by atoms with E-state index < -0.39 is 0 Å². The average molecular weight is 339 g/mol. The maximum absolute atomic E-state index is 12.6. The van der Waals surface area contributed by atoms with Crippen molar-refractivity contribution >= 4 is 18.3 Å². The Hall–Kier alpha value is -1.46. The van der Waals surface area contributed by atoms with Crippen molar-refractivity contribution in [2.24, 2.45) is 5.92 Å². The molecule has 23 heavy (non-hydrogen) atoms. The summed E-state index contributed by atoms with van der Waals surface area (Å²) in [6, 6.07) is 6.49. The van der Waals surface area contributed by atoms with Gasteiger partial charge in [0.15, 0.2) is 11.5 Å². The van der Waals surface area contributed by atoms with E-state index in [0.29, 0.717) is 31.1 Å². The topological polar surface area (TPSA) is 50.8 Å². The number of rotatable bonds is 2. The van der Waals surface area contributed by atoms with Gasteiger partial charge in [-0.2, -0.15) is 0 Å². The third kappa shape index (κ3) is 3.26. The van der Waals surface area contributed by atoms with Gasteiger partial charge in [-0.05, 0) is 37.0 Å². The number of carbonyl (C=O) groups is 1. The number of carbonyl (C=O) groups excluding carboxylic acids is 1. The molecule has 1 aromatic carbocycles. The number of ether oxygens (including phenoxy) is 2. The molecular weight excluding hydrogens is 316 g/mol. The highest BCUT2D eigenvalue weighted by Crippen LogP contribution is 2.50. The van der Waals surface area contributed by atoms with Gasteiger partial charge in [0.1, 0.15) is 13.2 Å². The van der Waals surface area contributed by atoms with Crippen LogP contribution in [0.3, 0.4) is 0 Å². The van der Waals surface area contributed by atoms with Crippen molar-refractivity contribution in [2.45, 2.75) is 25.3 Å². The lowest BCUT2D eigenvalue weighted by Crippen LogP contribution is -2.51. The highest BCUT2D eigenvalue weighted by atomic mass is 35.5. The lowest BCUT2D eigenvalue weighted by Gasteiger charge is -2.32. The lowest BCUT2D eigenvalue weighted by atomic mass is 10.1. The zero-order valence-electron chi connectivity index (χ0n) is 13.3. The van der Waals surface area contributed by atoms with Crippen LogP contribution < -0.4 is 14.8 Å². The second-order valence-corrected chi connectivity index (χ2v) is 6.49. The van der Waals surface area contributed by atoms with Gasteiger partial charge in [-0.15, -0.1) is 12.4 Å². The predicted octanol–water partition coefficient (Wildman–Crippen LogP) is 1.80. The van der Waals surface area contributed by atoms with E-state index in [-0.39, 0.29) is 18.3 Å². The molecule has 4 rings (SSSR count). The van der Waals surface area contributed by atoms with Crippen LogP contribution in [0.25, 0.3) is 0 Å². The summed E-state index contributed by atoms with van der Waals surface area (Å²) in [4.78, 5) is 14.6. The van der Waals surface area contributed by atoms with E-state index in [1.54, 1.807) is 0 Å². The van der Waals surface area contributed by atoms with E-state index in [4.69, 9.17) is 9.47 Å². The van der Waals surface area contributed by atoms with E-state index in [2.05, 4.69) is 18.3 Å². The normalized spacial score (nSPS) is 28.7. The Labute approximate surface area is 142 Å².